The number of thioether (sulfide) groups is 1. The van der Waals surface area contributed by atoms with E-state index in [2.05, 4.69) is 15.5 Å². The van der Waals surface area contributed by atoms with Crippen LogP contribution in [0, 0.1) is 0 Å². The normalized spacial score (nSPS) is 15.9. The van der Waals surface area contributed by atoms with Gasteiger partial charge in [-0.15, -0.1) is 5.10 Å². The second kappa shape index (κ2) is 7.99. The summed E-state index contributed by atoms with van der Waals surface area (Å²) < 4.78 is 5.76. The van der Waals surface area contributed by atoms with Crippen molar-refractivity contribution in [3.8, 4) is 5.75 Å². The van der Waals surface area contributed by atoms with E-state index in [0.717, 1.165) is 16.9 Å². The number of hydrogen-bond acceptors (Lipinski definition) is 5. The van der Waals surface area contributed by atoms with Crippen LogP contribution in [0.4, 0.5) is 0 Å². The van der Waals surface area contributed by atoms with E-state index in [1.807, 2.05) is 48.5 Å². The molecule has 1 aliphatic rings. The Morgan fingerprint density at radius 1 is 1.25 bits per heavy atom. The molecule has 0 aliphatic carbocycles. The number of carbonyl (C=O) groups excluding carboxylic acids is 1. The summed E-state index contributed by atoms with van der Waals surface area (Å²) in [5.74, 6) is 1.08. The van der Waals surface area contributed by atoms with Gasteiger partial charge in [-0.05, 0) is 35.4 Å². The van der Waals surface area contributed by atoms with Gasteiger partial charge in [0.25, 0.3) is 0 Å². The van der Waals surface area contributed by atoms with Crippen molar-refractivity contribution in [3.05, 3.63) is 64.7 Å². The minimum Gasteiger partial charge on any atom is -0.489 e. The summed E-state index contributed by atoms with van der Waals surface area (Å²) in [6.07, 6.45) is 1.62. The quantitative estimate of drug-likeness (QED) is 0.656. The molecular weight excluding hydrogens is 346 g/mol. The molecule has 7 heteroatoms. The van der Waals surface area contributed by atoms with Crippen LogP contribution >= 0.6 is 23.4 Å². The van der Waals surface area contributed by atoms with Crippen LogP contribution in [-0.4, -0.2) is 23.0 Å². The lowest BCUT2D eigenvalue weighted by molar-refractivity contribution is -0.116. The third-order valence-electron chi connectivity index (χ3n) is 3.12. The highest BCUT2D eigenvalue weighted by Crippen LogP contribution is 2.16. The van der Waals surface area contributed by atoms with Gasteiger partial charge in [0.2, 0.25) is 5.91 Å². The number of halogens is 1. The van der Waals surface area contributed by atoms with Gasteiger partial charge in [0.05, 0.1) is 12.0 Å². The topological polar surface area (TPSA) is 63.0 Å². The average Bonchev–Trinajstić information content (AvgIpc) is 3.00. The maximum Gasteiger partial charge on any atom is 0.236 e. The van der Waals surface area contributed by atoms with Gasteiger partial charge >= 0.3 is 0 Å². The van der Waals surface area contributed by atoms with Crippen molar-refractivity contribution in [2.24, 2.45) is 10.2 Å². The second-order valence-electron chi connectivity index (χ2n) is 4.97. The number of nitrogens with zero attached hydrogens (tertiary/aromatic N) is 2. The molecule has 0 atom stereocenters. The molecule has 0 aromatic heterocycles. The van der Waals surface area contributed by atoms with E-state index in [9.17, 15) is 4.79 Å². The third kappa shape index (κ3) is 4.84. The van der Waals surface area contributed by atoms with Gasteiger partial charge in [-0.3, -0.25) is 4.79 Å². The number of ether oxygens (including phenoxy) is 1. The highest BCUT2D eigenvalue weighted by molar-refractivity contribution is 8.15. The Hall–Kier alpha value is -2.31. The van der Waals surface area contributed by atoms with Crippen molar-refractivity contribution < 1.29 is 9.53 Å². The number of carbonyl (C=O) groups is 1. The summed E-state index contributed by atoms with van der Waals surface area (Å²) in [6.45, 7) is 0.461. The van der Waals surface area contributed by atoms with Gasteiger partial charge in [-0.2, -0.15) is 5.10 Å². The highest BCUT2D eigenvalue weighted by atomic mass is 35.5. The van der Waals surface area contributed by atoms with E-state index in [0.29, 0.717) is 22.6 Å². The Labute approximate surface area is 148 Å². The standard InChI is InChI=1S/C17H14ClN3O2S/c18-14-6-4-12(5-7-14)10-23-15-3-1-2-13(8-15)9-19-21-17-20-16(22)11-24-17/h1-9H,10-11H2,(H,20,21,22). The Bertz CT molecular complexity index is 791. The lowest BCUT2D eigenvalue weighted by atomic mass is 10.2. The van der Waals surface area contributed by atoms with Crippen LogP contribution in [0.3, 0.4) is 0 Å². The number of hydrogen-bond donors (Lipinski definition) is 1. The summed E-state index contributed by atoms with van der Waals surface area (Å²) >= 11 is 7.20. The molecule has 1 fully saturated rings. The van der Waals surface area contributed by atoms with Gasteiger partial charge in [0.1, 0.15) is 12.4 Å². The maximum atomic E-state index is 11.1. The predicted octanol–water partition coefficient (Wildman–Crippen LogP) is 3.47. The number of nitrogens with one attached hydrogen (secondary N) is 1. The molecule has 122 valence electrons. The SMILES string of the molecule is O=C1CSC(=NN=Cc2cccc(OCc3ccc(Cl)cc3)c2)N1. The van der Waals surface area contributed by atoms with Crippen LogP contribution in [0.5, 0.6) is 5.75 Å². The molecule has 5 nitrogen and oxygen atoms in total. The van der Waals surface area contributed by atoms with Gasteiger partial charge < -0.3 is 10.1 Å². The first-order valence-electron chi connectivity index (χ1n) is 7.20. The minimum atomic E-state index is -0.0495. The lowest BCUT2D eigenvalue weighted by Crippen LogP contribution is -2.19. The first-order valence-corrected chi connectivity index (χ1v) is 8.56. The second-order valence-corrected chi connectivity index (χ2v) is 6.37. The molecule has 2 aromatic rings. The third-order valence-corrected chi connectivity index (χ3v) is 4.23. The molecule has 1 amide bonds. The molecule has 1 N–H and O–H groups in total. The summed E-state index contributed by atoms with van der Waals surface area (Å²) in [5, 5.41) is 11.8. The average molecular weight is 360 g/mol. The van der Waals surface area contributed by atoms with E-state index in [-0.39, 0.29) is 5.91 Å². The number of benzene rings is 2. The van der Waals surface area contributed by atoms with Gasteiger partial charge in [0.15, 0.2) is 5.17 Å². The van der Waals surface area contributed by atoms with Gasteiger partial charge in [-0.1, -0.05) is 47.6 Å². The number of rotatable bonds is 5. The molecule has 0 unspecified atom stereocenters. The molecule has 1 saturated heterocycles. The Morgan fingerprint density at radius 2 is 2.08 bits per heavy atom. The van der Waals surface area contributed by atoms with E-state index in [4.69, 9.17) is 16.3 Å². The lowest BCUT2D eigenvalue weighted by Gasteiger charge is -2.06. The Balaban J connectivity index is 1.59. The summed E-state index contributed by atoms with van der Waals surface area (Å²) in [6, 6.07) is 15.1. The fourth-order valence-electron chi connectivity index (χ4n) is 1.96. The molecular formula is C17H14ClN3O2S. The molecule has 0 bridgehead atoms. The predicted molar refractivity (Wildman–Crippen MR) is 97.9 cm³/mol. The summed E-state index contributed by atoms with van der Waals surface area (Å²) in [4.78, 5) is 11.1. The zero-order valence-corrected chi connectivity index (χ0v) is 14.2. The highest BCUT2D eigenvalue weighted by Gasteiger charge is 2.15. The molecule has 0 radical (unpaired) electrons. The largest absolute Gasteiger partial charge is 0.489 e. The molecule has 0 spiro atoms. The molecule has 3 rings (SSSR count). The van der Waals surface area contributed by atoms with E-state index in [1.165, 1.54) is 11.8 Å². The fourth-order valence-corrected chi connectivity index (χ4v) is 2.72. The van der Waals surface area contributed by atoms with Crippen LogP contribution < -0.4 is 10.1 Å². The minimum absolute atomic E-state index is 0.0495. The van der Waals surface area contributed by atoms with Crippen molar-refractivity contribution in [3.63, 3.8) is 0 Å². The molecule has 1 aliphatic heterocycles. The number of amides is 1. The van der Waals surface area contributed by atoms with Crippen LogP contribution in [0.1, 0.15) is 11.1 Å². The zero-order chi connectivity index (χ0) is 16.8. The van der Waals surface area contributed by atoms with Crippen LogP contribution in [0.2, 0.25) is 5.02 Å². The number of amidine groups is 1. The van der Waals surface area contributed by atoms with E-state index in [1.54, 1.807) is 6.21 Å². The van der Waals surface area contributed by atoms with Crippen molar-refractivity contribution in [2.75, 3.05) is 5.75 Å². The Kier molecular flexibility index (Phi) is 5.51. The monoisotopic (exact) mass is 359 g/mol. The van der Waals surface area contributed by atoms with E-state index >= 15 is 0 Å². The van der Waals surface area contributed by atoms with Crippen LogP contribution in [-0.2, 0) is 11.4 Å². The smallest absolute Gasteiger partial charge is 0.236 e. The van der Waals surface area contributed by atoms with Crippen molar-refractivity contribution in [1.82, 2.24) is 5.32 Å². The van der Waals surface area contributed by atoms with Crippen molar-refractivity contribution >= 4 is 40.7 Å². The maximum absolute atomic E-state index is 11.1. The van der Waals surface area contributed by atoms with Crippen molar-refractivity contribution in [2.45, 2.75) is 6.61 Å². The molecule has 1 heterocycles. The van der Waals surface area contributed by atoms with E-state index < -0.39 is 0 Å². The van der Waals surface area contributed by atoms with Crippen molar-refractivity contribution in [1.29, 1.82) is 0 Å². The molecule has 2 aromatic carbocycles. The van der Waals surface area contributed by atoms with Crippen LogP contribution in [0.15, 0.2) is 58.7 Å². The molecule has 0 saturated carbocycles. The summed E-state index contributed by atoms with van der Waals surface area (Å²) in [7, 11) is 0. The van der Waals surface area contributed by atoms with Crippen LogP contribution in [0.25, 0.3) is 0 Å². The fraction of sp³-hybridized carbons (Fsp3) is 0.118. The molecule has 24 heavy (non-hydrogen) atoms. The first-order chi connectivity index (χ1) is 11.7. The van der Waals surface area contributed by atoms with Gasteiger partial charge in [0, 0.05) is 5.02 Å². The Morgan fingerprint density at radius 3 is 2.83 bits per heavy atom. The summed E-state index contributed by atoms with van der Waals surface area (Å²) in [5.41, 5.74) is 1.90. The van der Waals surface area contributed by atoms with Gasteiger partial charge in [-0.25, -0.2) is 0 Å². The zero-order valence-electron chi connectivity index (χ0n) is 12.6. The first kappa shape index (κ1) is 16.5.